The number of anilines is 1. The van der Waals surface area contributed by atoms with Gasteiger partial charge in [0.2, 0.25) is 0 Å². The predicted octanol–water partition coefficient (Wildman–Crippen LogP) is 2.12. The van der Waals surface area contributed by atoms with Crippen molar-refractivity contribution in [3.63, 3.8) is 0 Å². The zero-order valence-electron chi connectivity index (χ0n) is 8.02. The van der Waals surface area contributed by atoms with Crippen molar-refractivity contribution in [1.29, 1.82) is 0 Å². The summed E-state index contributed by atoms with van der Waals surface area (Å²) in [4.78, 5) is 11.6. The average Bonchev–Trinajstić information content (AvgIpc) is 2.25. The lowest BCUT2D eigenvalue weighted by atomic mass is 10.3. The summed E-state index contributed by atoms with van der Waals surface area (Å²) in [7, 11) is 0. The number of hydrogen-bond donors (Lipinski definition) is 1. The van der Waals surface area contributed by atoms with Crippen LogP contribution in [-0.2, 0) is 0 Å². The lowest BCUT2D eigenvalue weighted by Crippen LogP contribution is -2.21. The molecule has 2 aromatic rings. The Bertz CT molecular complexity index is 595. The summed E-state index contributed by atoms with van der Waals surface area (Å²) in [5.41, 5.74) is 5.59. The van der Waals surface area contributed by atoms with Crippen LogP contribution >= 0.6 is 23.2 Å². The van der Waals surface area contributed by atoms with E-state index < -0.39 is 0 Å². The van der Waals surface area contributed by atoms with E-state index >= 15 is 0 Å². The highest BCUT2D eigenvalue weighted by atomic mass is 35.5. The Labute approximate surface area is 101 Å². The van der Waals surface area contributed by atoms with Crippen molar-refractivity contribution < 1.29 is 0 Å². The van der Waals surface area contributed by atoms with E-state index in [-0.39, 0.29) is 11.4 Å². The van der Waals surface area contributed by atoms with Gasteiger partial charge in [-0.3, -0.25) is 4.79 Å². The lowest BCUT2D eigenvalue weighted by Gasteiger charge is -2.07. The maximum absolute atomic E-state index is 11.6. The zero-order chi connectivity index (χ0) is 11.7. The minimum absolute atomic E-state index is 0.232. The zero-order valence-corrected chi connectivity index (χ0v) is 9.53. The van der Waals surface area contributed by atoms with Gasteiger partial charge in [0.1, 0.15) is 5.82 Å². The molecule has 0 unspecified atom stereocenters. The van der Waals surface area contributed by atoms with Gasteiger partial charge in [-0.1, -0.05) is 23.2 Å². The Hall–Kier alpha value is -1.52. The van der Waals surface area contributed by atoms with Crippen LogP contribution in [0.5, 0.6) is 0 Å². The van der Waals surface area contributed by atoms with E-state index in [9.17, 15) is 4.79 Å². The van der Waals surface area contributed by atoms with Gasteiger partial charge in [0.15, 0.2) is 0 Å². The Morgan fingerprint density at radius 1 is 1.19 bits per heavy atom. The van der Waals surface area contributed by atoms with Gasteiger partial charge in [0.05, 0.1) is 10.7 Å². The molecule has 0 aliphatic carbocycles. The second-order valence-corrected chi connectivity index (χ2v) is 3.95. The molecule has 6 heteroatoms. The van der Waals surface area contributed by atoms with E-state index in [0.717, 1.165) is 4.68 Å². The first kappa shape index (κ1) is 11.0. The van der Waals surface area contributed by atoms with Crippen LogP contribution in [-0.4, -0.2) is 9.78 Å². The summed E-state index contributed by atoms with van der Waals surface area (Å²) in [5, 5.41) is 4.73. The van der Waals surface area contributed by atoms with Gasteiger partial charge in [-0.2, -0.15) is 4.68 Å². The molecule has 0 saturated heterocycles. The molecule has 1 heterocycles. The molecule has 0 radical (unpaired) electrons. The van der Waals surface area contributed by atoms with Gasteiger partial charge in [0.25, 0.3) is 5.56 Å². The molecule has 0 saturated carbocycles. The van der Waals surface area contributed by atoms with E-state index in [0.29, 0.717) is 15.7 Å². The fourth-order valence-electron chi connectivity index (χ4n) is 1.25. The Balaban J connectivity index is 2.71. The van der Waals surface area contributed by atoms with Crippen molar-refractivity contribution in [3.05, 3.63) is 50.7 Å². The molecule has 0 aliphatic rings. The normalized spacial score (nSPS) is 10.4. The SMILES string of the molecule is Nc1ccc(=O)n(-c2cc(Cl)ccc2Cl)n1. The molecule has 0 atom stereocenters. The highest BCUT2D eigenvalue weighted by Crippen LogP contribution is 2.22. The molecular formula is C10H7Cl2N3O. The molecule has 1 aromatic heterocycles. The van der Waals surface area contributed by atoms with Gasteiger partial charge in [-0.25, -0.2) is 0 Å². The summed E-state index contributed by atoms with van der Waals surface area (Å²) in [6, 6.07) is 7.52. The quantitative estimate of drug-likeness (QED) is 0.850. The highest BCUT2D eigenvalue weighted by Gasteiger charge is 2.07. The molecule has 2 N–H and O–H groups in total. The Morgan fingerprint density at radius 2 is 1.94 bits per heavy atom. The molecule has 16 heavy (non-hydrogen) atoms. The monoisotopic (exact) mass is 255 g/mol. The molecule has 1 aromatic carbocycles. The maximum atomic E-state index is 11.6. The molecule has 0 bridgehead atoms. The number of aromatic nitrogens is 2. The smallest absolute Gasteiger partial charge is 0.271 e. The van der Waals surface area contributed by atoms with Crippen LogP contribution in [0.2, 0.25) is 10.0 Å². The van der Waals surface area contributed by atoms with Crippen LogP contribution in [0.3, 0.4) is 0 Å². The molecule has 4 nitrogen and oxygen atoms in total. The number of nitrogens with zero attached hydrogens (tertiary/aromatic N) is 2. The topological polar surface area (TPSA) is 60.9 Å². The first-order valence-corrected chi connectivity index (χ1v) is 5.15. The second kappa shape index (κ2) is 4.15. The largest absolute Gasteiger partial charge is 0.382 e. The molecular weight excluding hydrogens is 249 g/mol. The Kier molecular flexibility index (Phi) is 2.85. The van der Waals surface area contributed by atoms with E-state index in [1.54, 1.807) is 18.2 Å². The first-order valence-electron chi connectivity index (χ1n) is 4.39. The van der Waals surface area contributed by atoms with Crippen LogP contribution in [0.4, 0.5) is 5.82 Å². The number of halogens is 2. The van der Waals surface area contributed by atoms with Gasteiger partial charge in [0, 0.05) is 11.1 Å². The van der Waals surface area contributed by atoms with Crippen molar-refractivity contribution in [3.8, 4) is 5.69 Å². The molecule has 0 amide bonds. The van der Waals surface area contributed by atoms with E-state index in [2.05, 4.69) is 5.10 Å². The molecule has 0 aliphatic heterocycles. The minimum atomic E-state index is -0.321. The second-order valence-electron chi connectivity index (χ2n) is 3.10. The molecule has 82 valence electrons. The maximum Gasteiger partial charge on any atom is 0.271 e. The number of rotatable bonds is 1. The summed E-state index contributed by atoms with van der Waals surface area (Å²) < 4.78 is 1.11. The first-order chi connectivity index (χ1) is 7.58. The lowest BCUT2D eigenvalue weighted by molar-refractivity contribution is 0.815. The van der Waals surface area contributed by atoms with Crippen LogP contribution in [0.15, 0.2) is 35.1 Å². The summed E-state index contributed by atoms with van der Waals surface area (Å²) in [6.45, 7) is 0. The van der Waals surface area contributed by atoms with Crippen molar-refractivity contribution in [2.45, 2.75) is 0 Å². The molecule has 0 spiro atoms. The van der Waals surface area contributed by atoms with E-state index in [4.69, 9.17) is 28.9 Å². The predicted molar refractivity (Wildman–Crippen MR) is 64.3 cm³/mol. The highest BCUT2D eigenvalue weighted by molar-refractivity contribution is 6.34. The summed E-state index contributed by atoms with van der Waals surface area (Å²) in [6.07, 6.45) is 0. The summed E-state index contributed by atoms with van der Waals surface area (Å²) in [5.74, 6) is 0.232. The van der Waals surface area contributed by atoms with Gasteiger partial charge in [-0.05, 0) is 24.3 Å². The fourth-order valence-corrected chi connectivity index (χ4v) is 1.61. The average molecular weight is 256 g/mol. The van der Waals surface area contributed by atoms with Crippen LogP contribution < -0.4 is 11.3 Å². The van der Waals surface area contributed by atoms with Crippen molar-refractivity contribution in [2.24, 2.45) is 0 Å². The third kappa shape index (κ3) is 2.03. The third-order valence-corrected chi connectivity index (χ3v) is 2.51. The van der Waals surface area contributed by atoms with E-state index in [1.165, 1.54) is 12.1 Å². The Morgan fingerprint density at radius 3 is 2.69 bits per heavy atom. The minimum Gasteiger partial charge on any atom is -0.382 e. The standard InChI is InChI=1S/C10H7Cl2N3O/c11-6-1-2-7(12)8(5-6)15-10(16)4-3-9(13)14-15/h1-5H,(H2,13,14). The number of hydrogen-bond acceptors (Lipinski definition) is 3. The number of benzene rings is 1. The van der Waals surface area contributed by atoms with E-state index in [1.807, 2.05) is 0 Å². The van der Waals surface area contributed by atoms with Crippen LogP contribution in [0.1, 0.15) is 0 Å². The van der Waals surface area contributed by atoms with Crippen LogP contribution in [0, 0.1) is 0 Å². The molecule has 2 rings (SSSR count). The van der Waals surface area contributed by atoms with Crippen molar-refractivity contribution in [1.82, 2.24) is 9.78 Å². The summed E-state index contributed by atoms with van der Waals surface area (Å²) >= 11 is 11.8. The fraction of sp³-hybridized carbons (Fsp3) is 0. The van der Waals surface area contributed by atoms with Crippen molar-refractivity contribution in [2.75, 3.05) is 5.73 Å². The third-order valence-electron chi connectivity index (χ3n) is 1.96. The van der Waals surface area contributed by atoms with Gasteiger partial charge in [-0.15, -0.1) is 5.10 Å². The van der Waals surface area contributed by atoms with Gasteiger partial charge >= 0.3 is 0 Å². The number of nitrogens with two attached hydrogens (primary N) is 1. The number of nitrogen functional groups attached to an aromatic ring is 1. The van der Waals surface area contributed by atoms with Crippen LogP contribution in [0.25, 0.3) is 5.69 Å². The molecule has 0 fully saturated rings. The van der Waals surface area contributed by atoms with Gasteiger partial charge < -0.3 is 5.73 Å². The van der Waals surface area contributed by atoms with Crippen molar-refractivity contribution >= 4 is 29.0 Å².